The number of amides is 1. The Morgan fingerprint density at radius 1 is 1.48 bits per heavy atom. The third-order valence-corrected chi connectivity index (χ3v) is 4.19. The van der Waals surface area contributed by atoms with E-state index < -0.39 is 0 Å². The molecular weight excluding hydrogens is 290 g/mol. The van der Waals surface area contributed by atoms with Crippen molar-refractivity contribution >= 4 is 17.3 Å². The van der Waals surface area contributed by atoms with Crippen LogP contribution in [-0.4, -0.2) is 30.5 Å². The van der Waals surface area contributed by atoms with Crippen LogP contribution in [0, 0.1) is 5.92 Å². The predicted molar refractivity (Wildman–Crippen MR) is 93.8 cm³/mol. The number of carbonyl (C=O) groups is 1. The maximum atomic E-state index is 12.0. The van der Waals surface area contributed by atoms with Gasteiger partial charge in [0, 0.05) is 36.8 Å². The van der Waals surface area contributed by atoms with Crippen LogP contribution in [0.2, 0.25) is 0 Å². The normalized spacial score (nSPS) is 17.8. The average molecular weight is 317 g/mol. The van der Waals surface area contributed by atoms with Gasteiger partial charge in [0.2, 0.25) is 5.91 Å². The van der Waals surface area contributed by atoms with Gasteiger partial charge in [-0.3, -0.25) is 4.79 Å². The fourth-order valence-electron chi connectivity index (χ4n) is 3.02. The third-order valence-electron chi connectivity index (χ3n) is 4.19. The minimum absolute atomic E-state index is 0.247. The summed E-state index contributed by atoms with van der Waals surface area (Å²) in [6, 6.07) is 5.48. The van der Waals surface area contributed by atoms with Crippen molar-refractivity contribution in [3.8, 4) is 5.75 Å². The highest BCUT2D eigenvalue weighted by molar-refractivity contribution is 5.77. The predicted octanol–water partition coefficient (Wildman–Crippen LogP) is 2.62. The van der Waals surface area contributed by atoms with E-state index in [1.54, 1.807) is 6.07 Å². The summed E-state index contributed by atoms with van der Waals surface area (Å²) in [7, 11) is 0. The summed E-state index contributed by atoms with van der Waals surface area (Å²) in [4.78, 5) is 14.0. The molecular formula is C18H27N3O2. The van der Waals surface area contributed by atoms with Gasteiger partial charge in [-0.05, 0) is 31.4 Å². The van der Waals surface area contributed by atoms with Gasteiger partial charge in [-0.25, -0.2) is 0 Å². The van der Waals surface area contributed by atoms with E-state index in [2.05, 4.69) is 6.58 Å². The lowest BCUT2D eigenvalue weighted by atomic mass is 9.98. The molecule has 2 rings (SSSR count). The van der Waals surface area contributed by atoms with Gasteiger partial charge in [0.25, 0.3) is 0 Å². The molecule has 1 saturated heterocycles. The number of nitrogens with two attached hydrogens (primary N) is 2. The molecule has 126 valence electrons. The van der Waals surface area contributed by atoms with E-state index in [0.29, 0.717) is 41.6 Å². The zero-order chi connectivity index (χ0) is 16.8. The number of piperidine rings is 1. The number of anilines is 1. The second kappa shape index (κ2) is 7.90. The number of likely N-dealkylation sites (tertiary alicyclic amines) is 1. The van der Waals surface area contributed by atoms with E-state index in [9.17, 15) is 4.79 Å². The minimum atomic E-state index is 0.247. The summed E-state index contributed by atoms with van der Waals surface area (Å²) >= 11 is 0. The number of benzene rings is 1. The second-order valence-corrected chi connectivity index (χ2v) is 6.15. The Morgan fingerprint density at radius 2 is 2.26 bits per heavy atom. The van der Waals surface area contributed by atoms with Gasteiger partial charge in [0.15, 0.2) is 0 Å². The van der Waals surface area contributed by atoms with Crippen molar-refractivity contribution in [2.24, 2.45) is 11.7 Å². The molecule has 0 aromatic heterocycles. The number of nitrogen functional groups attached to an aromatic ring is 1. The van der Waals surface area contributed by atoms with Crippen molar-refractivity contribution in [2.45, 2.75) is 32.6 Å². The summed E-state index contributed by atoms with van der Waals surface area (Å²) < 4.78 is 5.95. The molecule has 1 aromatic rings. The summed E-state index contributed by atoms with van der Waals surface area (Å²) in [6.45, 7) is 7.97. The lowest BCUT2D eigenvalue weighted by molar-refractivity contribution is -0.133. The monoisotopic (exact) mass is 317 g/mol. The Kier molecular flexibility index (Phi) is 5.90. The van der Waals surface area contributed by atoms with E-state index in [1.165, 1.54) is 0 Å². The first kappa shape index (κ1) is 17.2. The molecule has 4 N–H and O–H groups in total. The minimum Gasteiger partial charge on any atom is -0.492 e. The molecule has 5 heteroatoms. The van der Waals surface area contributed by atoms with Crippen molar-refractivity contribution in [2.75, 3.05) is 25.4 Å². The number of ether oxygens (including phenoxy) is 1. The smallest absolute Gasteiger partial charge is 0.222 e. The van der Waals surface area contributed by atoms with E-state index in [4.69, 9.17) is 16.2 Å². The molecule has 1 fully saturated rings. The fraction of sp³-hybridized carbons (Fsp3) is 0.500. The zero-order valence-corrected chi connectivity index (χ0v) is 13.9. The molecule has 0 radical (unpaired) electrons. The van der Waals surface area contributed by atoms with Gasteiger partial charge in [-0.1, -0.05) is 19.6 Å². The van der Waals surface area contributed by atoms with Crippen LogP contribution in [-0.2, 0) is 4.79 Å². The van der Waals surface area contributed by atoms with Crippen molar-refractivity contribution in [3.63, 3.8) is 0 Å². The van der Waals surface area contributed by atoms with Gasteiger partial charge >= 0.3 is 0 Å². The molecule has 0 saturated carbocycles. The van der Waals surface area contributed by atoms with Crippen LogP contribution in [0.25, 0.3) is 5.70 Å². The Bertz CT molecular complexity index is 571. The van der Waals surface area contributed by atoms with E-state index in [-0.39, 0.29) is 5.91 Å². The largest absolute Gasteiger partial charge is 0.492 e. The molecule has 0 bridgehead atoms. The quantitative estimate of drug-likeness (QED) is 0.790. The summed E-state index contributed by atoms with van der Waals surface area (Å²) in [6.07, 6.45) is 3.61. The van der Waals surface area contributed by atoms with Crippen molar-refractivity contribution in [1.29, 1.82) is 0 Å². The highest BCUT2D eigenvalue weighted by atomic mass is 16.5. The van der Waals surface area contributed by atoms with E-state index in [0.717, 1.165) is 32.4 Å². The molecule has 23 heavy (non-hydrogen) atoms. The zero-order valence-electron chi connectivity index (χ0n) is 13.9. The van der Waals surface area contributed by atoms with Crippen LogP contribution < -0.4 is 16.2 Å². The first-order valence-electron chi connectivity index (χ1n) is 8.26. The van der Waals surface area contributed by atoms with Crippen LogP contribution in [0.5, 0.6) is 5.75 Å². The van der Waals surface area contributed by atoms with Crippen LogP contribution in [0.15, 0.2) is 24.8 Å². The maximum Gasteiger partial charge on any atom is 0.222 e. The Labute approximate surface area is 138 Å². The lowest BCUT2D eigenvalue weighted by Crippen LogP contribution is -2.41. The number of nitrogens with zero attached hydrogens (tertiary/aromatic N) is 1. The number of rotatable bonds is 6. The molecule has 5 nitrogen and oxygen atoms in total. The first-order valence-corrected chi connectivity index (χ1v) is 8.26. The molecule has 0 unspecified atom stereocenters. The van der Waals surface area contributed by atoms with Gasteiger partial charge in [-0.2, -0.15) is 0 Å². The molecule has 1 heterocycles. The van der Waals surface area contributed by atoms with E-state index >= 15 is 0 Å². The maximum absolute atomic E-state index is 12.0. The Balaban J connectivity index is 1.97. The molecule has 1 aliphatic rings. The van der Waals surface area contributed by atoms with Crippen LogP contribution in [0.3, 0.4) is 0 Å². The molecule has 1 aromatic carbocycles. The topological polar surface area (TPSA) is 81.6 Å². The highest BCUT2D eigenvalue weighted by Gasteiger charge is 2.24. The van der Waals surface area contributed by atoms with Gasteiger partial charge < -0.3 is 21.1 Å². The third kappa shape index (κ3) is 4.41. The lowest BCUT2D eigenvalue weighted by Gasteiger charge is -2.33. The molecule has 0 aliphatic carbocycles. The average Bonchev–Trinajstić information content (AvgIpc) is 2.53. The summed E-state index contributed by atoms with van der Waals surface area (Å²) in [5, 5.41) is 0. The van der Waals surface area contributed by atoms with Crippen molar-refractivity contribution < 1.29 is 9.53 Å². The molecule has 1 atom stereocenters. The SMILES string of the molecule is C=C(N)c1c(N)cccc1OC[C@@H]1CCCN(C(=O)CCC)C1. The number of hydrogen-bond acceptors (Lipinski definition) is 4. The Hall–Kier alpha value is -2.17. The van der Waals surface area contributed by atoms with Gasteiger partial charge in [0.1, 0.15) is 5.75 Å². The highest BCUT2D eigenvalue weighted by Crippen LogP contribution is 2.29. The summed E-state index contributed by atoms with van der Waals surface area (Å²) in [5.41, 5.74) is 13.4. The molecule has 1 amide bonds. The standard InChI is InChI=1S/C18H27N3O2/c1-3-6-17(22)21-10-5-7-14(11-21)12-23-16-9-4-8-15(20)18(16)13(2)19/h4,8-9,14H,2-3,5-7,10-12,19-20H2,1H3/t14-/m1/s1. The van der Waals surface area contributed by atoms with Crippen LogP contribution in [0.4, 0.5) is 5.69 Å². The molecule has 0 spiro atoms. The number of carbonyl (C=O) groups excluding carboxylic acids is 1. The van der Waals surface area contributed by atoms with Crippen molar-refractivity contribution in [3.05, 3.63) is 30.3 Å². The van der Waals surface area contributed by atoms with Gasteiger partial charge in [0.05, 0.1) is 12.2 Å². The first-order chi connectivity index (χ1) is 11.0. The van der Waals surface area contributed by atoms with Crippen LogP contribution >= 0.6 is 0 Å². The molecule has 1 aliphatic heterocycles. The van der Waals surface area contributed by atoms with Gasteiger partial charge in [-0.15, -0.1) is 0 Å². The summed E-state index contributed by atoms with van der Waals surface area (Å²) in [5.74, 6) is 1.25. The van der Waals surface area contributed by atoms with Crippen LogP contribution in [0.1, 0.15) is 38.2 Å². The second-order valence-electron chi connectivity index (χ2n) is 6.15. The van der Waals surface area contributed by atoms with Crippen molar-refractivity contribution in [1.82, 2.24) is 4.90 Å². The number of hydrogen-bond donors (Lipinski definition) is 2. The van der Waals surface area contributed by atoms with E-state index in [1.807, 2.05) is 24.0 Å². The Morgan fingerprint density at radius 3 is 2.96 bits per heavy atom. The fourth-order valence-corrected chi connectivity index (χ4v) is 3.02.